The van der Waals surface area contributed by atoms with Crippen LogP contribution >= 0.6 is 11.6 Å². The fourth-order valence-corrected chi connectivity index (χ4v) is 2.96. The number of aryl methyl sites for hydroxylation is 1. The van der Waals surface area contributed by atoms with Gasteiger partial charge in [-0.25, -0.2) is 4.39 Å². The van der Waals surface area contributed by atoms with Crippen molar-refractivity contribution in [2.24, 2.45) is 0 Å². The smallest absolute Gasteiger partial charge is 0.248 e. The molecule has 7 heteroatoms. The van der Waals surface area contributed by atoms with Gasteiger partial charge in [0.05, 0.1) is 6.61 Å². The zero-order valence-corrected chi connectivity index (χ0v) is 13.4. The summed E-state index contributed by atoms with van der Waals surface area (Å²) in [5.74, 6) is 0.165. The highest BCUT2D eigenvalue weighted by Gasteiger charge is 2.23. The molecule has 122 valence electrons. The molecule has 0 saturated carbocycles. The van der Waals surface area contributed by atoms with E-state index in [1.165, 1.54) is 12.1 Å². The molecule has 0 bridgehead atoms. The van der Waals surface area contributed by atoms with Crippen molar-refractivity contribution in [3.8, 4) is 0 Å². The molecular formula is C16H16ClFN2O3. The van der Waals surface area contributed by atoms with Crippen LogP contribution in [0.4, 0.5) is 4.39 Å². The summed E-state index contributed by atoms with van der Waals surface area (Å²) in [5.41, 5.74) is 2.31. The molecule has 0 fully saturated rings. The molecule has 0 atom stereocenters. The van der Waals surface area contributed by atoms with E-state index >= 15 is 0 Å². The molecule has 5 nitrogen and oxygen atoms in total. The quantitative estimate of drug-likeness (QED) is 0.860. The fourth-order valence-electron chi connectivity index (χ4n) is 2.64. The Morgan fingerprint density at radius 1 is 1.48 bits per heavy atom. The monoisotopic (exact) mass is 338 g/mol. The molecule has 0 unspecified atom stereocenters. The van der Waals surface area contributed by atoms with Crippen LogP contribution in [0.1, 0.15) is 22.6 Å². The number of carbonyl (C=O) groups is 1. The summed E-state index contributed by atoms with van der Waals surface area (Å²) in [6, 6.07) is 4.49. The average Bonchev–Trinajstić information content (AvgIpc) is 2.91. The van der Waals surface area contributed by atoms with E-state index in [2.05, 4.69) is 5.16 Å². The highest BCUT2D eigenvalue weighted by atomic mass is 35.5. The van der Waals surface area contributed by atoms with Crippen LogP contribution in [-0.4, -0.2) is 29.1 Å². The standard InChI is InChI=1S/C16H16ClFN2O3/c1-10-4-13(19-23-10)8-22-9-16(21)20-3-2-14-11(7-20)5-12(18)6-15(14)17/h4-6H,2-3,7-9H2,1H3. The maximum absolute atomic E-state index is 13.4. The zero-order chi connectivity index (χ0) is 16.4. The maximum atomic E-state index is 13.4. The molecule has 1 aromatic carbocycles. The van der Waals surface area contributed by atoms with Crippen molar-refractivity contribution in [1.82, 2.24) is 10.1 Å². The van der Waals surface area contributed by atoms with E-state index in [9.17, 15) is 9.18 Å². The SMILES string of the molecule is Cc1cc(COCC(=O)N2CCc3c(Cl)cc(F)cc3C2)no1. The van der Waals surface area contributed by atoms with Gasteiger partial charge in [0.2, 0.25) is 5.91 Å². The number of rotatable bonds is 4. The first kappa shape index (κ1) is 16.0. The van der Waals surface area contributed by atoms with E-state index in [4.69, 9.17) is 20.9 Å². The maximum Gasteiger partial charge on any atom is 0.248 e. The number of fused-ring (bicyclic) bond motifs is 1. The Morgan fingerprint density at radius 3 is 3.04 bits per heavy atom. The number of hydrogen-bond acceptors (Lipinski definition) is 4. The van der Waals surface area contributed by atoms with Crippen molar-refractivity contribution >= 4 is 17.5 Å². The van der Waals surface area contributed by atoms with E-state index in [0.717, 1.165) is 11.1 Å². The Labute approximate surface area is 138 Å². The molecule has 1 aliphatic heterocycles. The van der Waals surface area contributed by atoms with Gasteiger partial charge in [-0.1, -0.05) is 16.8 Å². The molecule has 0 N–H and O–H groups in total. The fraction of sp³-hybridized carbons (Fsp3) is 0.375. The average molecular weight is 339 g/mol. The minimum absolute atomic E-state index is 0.0513. The first-order valence-electron chi connectivity index (χ1n) is 7.27. The molecule has 3 rings (SSSR count). The summed E-state index contributed by atoms with van der Waals surface area (Å²) in [5, 5.41) is 4.21. The number of ether oxygens (including phenoxy) is 1. The van der Waals surface area contributed by atoms with Crippen LogP contribution in [0.25, 0.3) is 0 Å². The number of nitrogens with zero attached hydrogens (tertiary/aromatic N) is 2. The lowest BCUT2D eigenvalue weighted by Crippen LogP contribution is -2.38. The highest BCUT2D eigenvalue weighted by Crippen LogP contribution is 2.27. The Morgan fingerprint density at radius 2 is 2.30 bits per heavy atom. The zero-order valence-electron chi connectivity index (χ0n) is 12.6. The second-order valence-corrected chi connectivity index (χ2v) is 5.92. The number of amides is 1. The van der Waals surface area contributed by atoms with E-state index in [-0.39, 0.29) is 24.9 Å². The van der Waals surface area contributed by atoms with Crippen LogP contribution in [0.15, 0.2) is 22.7 Å². The Hall–Kier alpha value is -1.92. The Kier molecular flexibility index (Phi) is 4.63. The van der Waals surface area contributed by atoms with E-state index in [1.54, 1.807) is 17.9 Å². The van der Waals surface area contributed by atoms with Crippen molar-refractivity contribution < 1.29 is 18.4 Å². The molecule has 0 spiro atoms. The molecule has 1 aromatic heterocycles. The van der Waals surface area contributed by atoms with Gasteiger partial charge in [-0.15, -0.1) is 0 Å². The first-order valence-corrected chi connectivity index (χ1v) is 7.65. The summed E-state index contributed by atoms with van der Waals surface area (Å²) in [6.07, 6.45) is 0.614. The van der Waals surface area contributed by atoms with Gasteiger partial charge in [-0.2, -0.15) is 0 Å². The third-order valence-corrected chi connectivity index (χ3v) is 4.09. The van der Waals surface area contributed by atoms with Gasteiger partial charge in [0.1, 0.15) is 23.9 Å². The summed E-state index contributed by atoms with van der Waals surface area (Å²) in [4.78, 5) is 13.8. The van der Waals surface area contributed by atoms with Crippen LogP contribution in [0, 0.1) is 12.7 Å². The van der Waals surface area contributed by atoms with Gasteiger partial charge in [0, 0.05) is 24.2 Å². The molecule has 23 heavy (non-hydrogen) atoms. The summed E-state index contributed by atoms with van der Waals surface area (Å²) in [6.45, 7) is 2.84. The molecule has 0 radical (unpaired) electrons. The van der Waals surface area contributed by atoms with Crippen molar-refractivity contribution in [3.05, 3.63) is 51.6 Å². The normalized spacial score (nSPS) is 14.0. The van der Waals surface area contributed by atoms with Gasteiger partial charge in [-0.3, -0.25) is 4.79 Å². The van der Waals surface area contributed by atoms with E-state index < -0.39 is 0 Å². The minimum atomic E-state index is -0.388. The molecule has 0 aliphatic carbocycles. The van der Waals surface area contributed by atoms with Crippen molar-refractivity contribution in [1.29, 1.82) is 0 Å². The second-order valence-electron chi connectivity index (χ2n) is 5.51. The van der Waals surface area contributed by atoms with Crippen LogP contribution in [0.3, 0.4) is 0 Å². The number of benzene rings is 1. The molecule has 2 heterocycles. The van der Waals surface area contributed by atoms with Crippen molar-refractivity contribution in [2.45, 2.75) is 26.5 Å². The largest absolute Gasteiger partial charge is 0.365 e. The number of aromatic nitrogens is 1. The second kappa shape index (κ2) is 6.68. The number of carbonyl (C=O) groups excluding carboxylic acids is 1. The molecular weight excluding hydrogens is 323 g/mol. The van der Waals surface area contributed by atoms with Gasteiger partial charge >= 0.3 is 0 Å². The summed E-state index contributed by atoms with van der Waals surface area (Å²) in [7, 11) is 0. The lowest BCUT2D eigenvalue weighted by Gasteiger charge is -2.29. The lowest BCUT2D eigenvalue weighted by atomic mass is 9.99. The topological polar surface area (TPSA) is 55.6 Å². The van der Waals surface area contributed by atoms with Crippen LogP contribution in [0.2, 0.25) is 5.02 Å². The number of halogens is 2. The predicted molar refractivity (Wildman–Crippen MR) is 81.4 cm³/mol. The number of hydrogen-bond donors (Lipinski definition) is 0. The van der Waals surface area contributed by atoms with Crippen LogP contribution < -0.4 is 0 Å². The minimum Gasteiger partial charge on any atom is -0.365 e. The third-order valence-electron chi connectivity index (χ3n) is 3.75. The van der Waals surface area contributed by atoms with Crippen LogP contribution in [0.5, 0.6) is 0 Å². The highest BCUT2D eigenvalue weighted by molar-refractivity contribution is 6.31. The van der Waals surface area contributed by atoms with E-state index in [1.807, 2.05) is 0 Å². The Bertz CT molecular complexity index is 732. The summed E-state index contributed by atoms with van der Waals surface area (Å²) >= 11 is 6.04. The van der Waals surface area contributed by atoms with Gasteiger partial charge in [0.15, 0.2) is 0 Å². The van der Waals surface area contributed by atoms with Crippen LogP contribution in [-0.2, 0) is 29.1 Å². The van der Waals surface area contributed by atoms with Crippen molar-refractivity contribution in [3.63, 3.8) is 0 Å². The predicted octanol–water partition coefficient (Wildman–Crippen LogP) is 2.88. The molecule has 0 saturated heterocycles. The third kappa shape index (κ3) is 3.71. The van der Waals surface area contributed by atoms with E-state index in [0.29, 0.717) is 36.0 Å². The molecule has 1 aliphatic rings. The van der Waals surface area contributed by atoms with Gasteiger partial charge in [0.25, 0.3) is 0 Å². The summed E-state index contributed by atoms with van der Waals surface area (Å²) < 4.78 is 23.7. The molecule has 2 aromatic rings. The van der Waals surface area contributed by atoms with Gasteiger partial charge < -0.3 is 14.2 Å². The lowest BCUT2D eigenvalue weighted by molar-refractivity contribution is -0.137. The van der Waals surface area contributed by atoms with Crippen molar-refractivity contribution in [2.75, 3.05) is 13.2 Å². The Balaban J connectivity index is 1.56. The first-order chi connectivity index (χ1) is 11.0. The van der Waals surface area contributed by atoms with Gasteiger partial charge in [-0.05, 0) is 36.6 Å². The molecule has 1 amide bonds.